The lowest BCUT2D eigenvalue weighted by atomic mass is 10.0. The number of carbonyl (C=O) groups is 6. The molecular formula is C71H132O16. The van der Waals surface area contributed by atoms with E-state index in [1.54, 1.807) is 41.5 Å². The Bertz CT molecular complexity index is 1740. The van der Waals surface area contributed by atoms with E-state index < -0.39 is 28.7 Å². The number of aliphatic hydroxyl groups excluding tert-OH is 1. The van der Waals surface area contributed by atoms with Crippen molar-refractivity contribution in [3.05, 3.63) is 36.5 Å². The second kappa shape index (κ2) is 62.1. The van der Waals surface area contributed by atoms with Crippen molar-refractivity contribution in [1.82, 2.24) is 0 Å². The van der Waals surface area contributed by atoms with Crippen LogP contribution in [-0.4, -0.2) is 122 Å². The smallest absolute Gasteiger partial charge is 0.338 e. The van der Waals surface area contributed by atoms with Crippen LogP contribution in [0.25, 0.3) is 0 Å². The number of carboxylic acid groups (broad SMARTS) is 2. The molecule has 0 fully saturated rings. The molecule has 0 saturated carbocycles. The van der Waals surface area contributed by atoms with Gasteiger partial charge in [0.25, 0.3) is 0 Å². The molecule has 3 unspecified atom stereocenters. The quantitative estimate of drug-likeness (QED) is 0.0223. The van der Waals surface area contributed by atoms with Crippen molar-refractivity contribution in [1.29, 1.82) is 0 Å². The van der Waals surface area contributed by atoms with E-state index in [4.69, 9.17) is 33.9 Å². The zero-order valence-corrected chi connectivity index (χ0v) is 57.9. The number of hydrogen-bond acceptors (Lipinski definition) is 14. The molecule has 87 heavy (non-hydrogen) atoms. The number of carboxylic acids is 2. The number of aliphatic hydroxyl groups is 1. The van der Waals surface area contributed by atoms with Crippen LogP contribution in [0.1, 0.15) is 313 Å². The number of aliphatic carboxylic acids is 2. The van der Waals surface area contributed by atoms with Crippen LogP contribution >= 0.6 is 0 Å². The van der Waals surface area contributed by atoms with Crippen LogP contribution in [0.3, 0.4) is 0 Å². The highest BCUT2D eigenvalue weighted by Crippen LogP contribution is 2.21. The lowest BCUT2D eigenvalue weighted by molar-refractivity contribution is -0.171. The minimum Gasteiger partial charge on any atom is -0.481 e. The van der Waals surface area contributed by atoms with Gasteiger partial charge in [0.2, 0.25) is 0 Å². The van der Waals surface area contributed by atoms with Crippen molar-refractivity contribution in [2.24, 2.45) is 0 Å². The zero-order chi connectivity index (χ0) is 66.5. The Labute approximate surface area is 530 Å². The standard InChI is InChI=1S/C24H44O5.C23H42O5.C18H34O3.C6H12O3/c1-6-7-8-15-18-21(29-23(26)24(2,3)28-5)19-16-13-11-9-10-12-14-17-20-22(25)27-4;1-5-6-7-14-17-20(28-22(26)23(2,3)27-4)18-15-12-10-8-9-11-13-16-19-21(24)25;1-2-3-4-11-14-17(19)15-12-9-7-5-6-8-10-13-16-18(20)21;1-6(2,9-4)5(7)8-3/h13,16,21H,6-12,14-15,17-20H2,1-5H3;12,15,20H,5-11,13-14,16-19H2,1-4H3,(H,24,25);9,12,17,19H,2-8,10-11,13-16H2,1H3,(H,20,21);1-4H3/b16-13-;15-12-;12-9-;. The van der Waals surface area contributed by atoms with Crippen LogP contribution in [0.4, 0.5) is 0 Å². The van der Waals surface area contributed by atoms with Gasteiger partial charge in [-0.05, 0) is 138 Å². The molecule has 0 aliphatic rings. The van der Waals surface area contributed by atoms with Gasteiger partial charge in [0.1, 0.15) is 12.2 Å². The molecular weight excluding hydrogens is 1110 g/mol. The van der Waals surface area contributed by atoms with Gasteiger partial charge in [0, 0.05) is 53.4 Å². The molecule has 0 aromatic rings. The fraction of sp³-hybridized carbons (Fsp3) is 0.831. The first-order valence-electron chi connectivity index (χ1n) is 33.7. The first kappa shape index (κ1) is 89.3. The molecule has 0 aliphatic heterocycles. The van der Waals surface area contributed by atoms with Crippen LogP contribution in [0.15, 0.2) is 36.5 Å². The van der Waals surface area contributed by atoms with Crippen molar-refractivity contribution >= 4 is 35.8 Å². The van der Waals surface area contributed by atoms with Gasteiger partial charge in [-0.3, -0.25) is 14.4 Å². The average molecular weight is 1240 g/mol. The van der Waals surface area contributed by atoms with Gasteiger partial charge < -0.3 is 48.5 Å². The molecule has 3 N–H and O–H groups in total. The molecule has 0 heterocycles. The summed E-state index contributed by atoms with van der Waals surface area (Å²) in [6.07, 6.45) is 51.8. The summed E-state index contributed by atoms with van der Waals surface area (Å²) in [6.45, 7) is 16.8. The number of methoxy groups -OCH3 is 5. The number of rotatable bonds is 53. The Morgan fingerprint density at radius 2 is 0.655 bits per heavy atom. The molecule has 0 bridgehead atoms. The number of carbonyl (C=O) groups excluding carboxylic acids is 4. The first-order chi connectivity index (χ1) is 41.4. The Balaban J connectivity index is -0.000000559. The SMILES string of the molecule is CCCCCCC(C/C=C\CCCCCCCC(=O)O)OC(=O)C(C)(C)OC.CCCCCCC(C/C=C\CCCCCCCC(=O)OC)OC(=O)C(C)(C)OC.CCCCCCC(O)C/C=C\CCCCCCCC(=O)O.COC(=O)C(C)(C)OC. The van der Waals surface area contributed by atoms with Crippen molar-refractivity contribution < 1.29 is 77.2 Å². The number of ether oxygens (including phenoxy) is 7. The fourth-order valence-corrected chi connectivity index (χ4v) is 8.46. The van der Waals surface area contributed by atoms with Gasteiger partial charge in [-0.25, -0.2) is 14.4 Å². The highest BCUT2D eigenvalue weighted by molar-refractivity contribution is 5.79. The normalized spacial score (nSPS) is 12.7. The maximum Gasteiger partial charge on any atom is 0.338 e. The lowest BCUT2D eigenvalue weighted by Gasteiger charge is -2.25. The second-order valence-corrected chi connectivity index (χ2v) is 24.3. The minimum atomic E-state index is -0.911. The van der Waals surface area contributed by atoms with Crippen molar-refractivity contribution in [3.63, 3.8) is 0 Å². The molecule has 0 aromatic carbocycles. The predicted octanol–water partition coefficient (Wildman–Crippen LogP) is 17.9. The summed E-state index contributed by atoms with van der Waals surface area (Å²) in [7, 11) is 7.30. The average Bonchev–Trinajstić information content (AvgIpc) is 3.54. The zero-order valence-electron chi connectivity index (χ0n) is 57.9. The van der Waals surface area contributed by atoms with Gasteiger partial charge in [-0.15, -0.1) is 0 Å². The molecule has 0 amide bonds. The van der Waals surface area contributed by atoms with Crippen LogP contribution in [0, 0.1) is 0 Å². The van der Waals surface area contributed by atoms with E-state index in [0.29, 0.717) is 12.8 Å². The van der Waals surface area contributed by atoms with Crippen LogP contribution in [0.2, 0.25) is 0 Å². The summed E-state index contributed by atoms with van der Waals surface area (Å²) in [6, 6.07) is 0. The largest absolute Gasteiger partial charge is 0.481 e. The lowest BCUT2D eigenvalue weighted by Crippen LogP contribution is -2.38. The number of allylic oxidation sites excluding steroid dienone is 3. The molecule has 16 heteroatoms. The van der Waals surface area contributed by atoms with E-state index in [1.165, 1.54) is 106 Å². The highest BCUT2D eigenvalue weighted by Gasteiger charge is 2.32. The van der Waals surface area contributed by atoms with Crippen LogP contribution in [0.5, 0.6) is 0 Å². The molecule has 0 aromatic heterocycles. The Morgan fingerprint density at radius 1 is 0.356 bits per heavy atom. The Kier molecular flexibility index (Phi) is 63.7. The molecule has 0 spiro atoms. The number of hydrogen-bond donors (Lipinski definition) is 3. The summed E-state index contributed by atoms with van der Waals surface area (Å²) in [5.41, 5.74) is -2.62. The predicted molar refractivity (Wildman–Crippen MR) is 353 cm³/mol. The maximum atomic E-state index is 12.3. The third-order valence-electron chi connectivity index (χ3n) is 15.1. The molecule has 512 valence electrons. The summed E-state index contributed by atoms with van der Waals surface area (Å²) in [5, 5.41) is 26.9. The summed E-state index contributed by atoms with van der Waals surface area (Å²) < 4.78 is 35.8. The van der Waals surface area contributed by atoms with Crippen molar-refractivity contribution in [2.75, 3.05) is 35.5 Å². The minimum absolute atomic E-state index is 0.0802. The van der Waals surface area contributed by atoms with E-state index in [2.05, 4.69) is 66.7 Å². The van der Waals surface area contributed by atoms with Gasteiger partial charge in [0.05, 0.1) is 20.3 Å². The van der Waals surface area contributed by atoms with Gasteiger partial charge in [0.15, 0.2) is 16.8 Å². The van der Waals surface area contributed by atoms with E-state index in [-0.39, 0.29) is 48.6 Å². The van der Waals surface area contributed by atoms with Crippen LogP contribution < -0.4 is 0 Å². The van der Waals surface area contributed by atoms with Gasteiger partial charge >= 0.3 is 35.8 Å². The molecule has 3 atom stereocenters. The summed E-state index contributed by atoms with van der Waals surface area (Å²) in [5.74, 6) is -2.46. The highest BCUT2D eigenvalue weighted by atomic mass is 16.6. The second-order valence-electron chi connectivity index (χ2n) is 24.3. The van der Waals surface area contributed by atoms with E-state index in [0.717, 1.165) is 161 Å². The van der Waals surface area contributed by atoms with Crippen molar-refractivity contribution in [3.8, 4) is 0 Å². The first-order valence-corrected chi connectivity index (χ1v) is 33.7. The molecule has 0 radical (unpaired) electrons. The molecule has 0 aliphatic carbocycles. The monoisotopic (exact) mass is 1240 g/mol. The summed E-state index contributed by atoms with van der Waals surface area (Å²) >= 11 is 0. The molecule has 0 rings (SSSR count). The van der Waals surface area contributed by atoms with Crippen molar-refractivity contribution in [2.45, 2.75) is 348 Å². The van der Waals surface area contributed by atoms with E-state index in [1.807, 2.05) is 0 Å². The number of unbranched alkanes of at least 4 members (excludes halogenated alkanes) is 24. The fourth-order valence-electron chi connectivity index (χ4n) is 8.46. The van der Waals surface area contributed by atoms with Crippen LogP contribution in [-0.2, 0) is 61.9 Å². The Hall–Kier alpha value is -4.12. The third kappa shape index (κ3) is 61.9. The maximum absolute atomic E-state index is 12.3. The van der Waals surface area contributed by atoms with Gasteiger partial charge in [-0.1, -0.05) is 179 Å². The Morgan fingerprint density at radius 3 is 0.966 bits per heavy atom. The topological polar surface area (TPSA) is 228 Å². The van der Waals surface area contributed by atoms with E-state index >= 15 is 0 Å². The van der Waals surface area contributed by atoms with E-state index in [9.17, 15) is 33.9 Å². The third-order valence-corrected chi connectivity index (χ3v) is 15.1. The molecule has 0 saturated heterocycles. The van der Waals surface area contributed by atoms with Gasteiger partial charge in [-0.2, -0.15) is 0 Å². The molecule has 16 nitrogen and oxygen atoms in total. The summed E-state index contributed by atoms with van der Waals surface area (Å²) in [4.78, 5) is 67.1. The number of esters is 4.